The van der Waals surface area contributed by atoms with Crippen molar-refractivity contribution in [3.63, 3.8) is 0 Å². The third-order valence-electron chi connectivity index (χ3n) is 4.92. The number of aromatic nitrogens is 5. The molecule has 142 valence electrons. The predicted octanol–water partition coefficient (Wildman–Crippen LogP) is 4.36. The van der Waals surface area contributed by atoms with Crippen molar-refractivity contribution < 1.29 is 9.13 Å². The maximum Gasteiger partial charge on any atom is 0.141 e. The van der Waals surface area contributed by atoms with Gasteiger partial charge in [-0.2, -0.15) is 10.2 Å². The van der Waals surface area contributed by atoms with Crippen molar-refractivity contribution >= 4 is 17.1 Å². The summed E-state index contributed by atoms with van der Waals surface area (Å²) in [5, 5.41) is 9.60. The van der Waals surface area contributed by atoms with Crippen LogP contribution in [0.5, 0.6) is 0 Å². The number of halogens is 2. The van der Waals surface area contributed by atoms with Crippen molar-refractivity contribution in [2.75, 3.05) is 0 Å². The van der Waals surface area contributed by atoms with Crippen LogP contribution in [0, 0.1) is 5.82 Å². The minimum atomic E-state index is -0.383. The van der Waals surface area contributed by atoms with Gasteiger partial charge in [0, 0.05) is 11.8 Å². The highest BCUT2D eigenvalue weighted by molar-refractivity contribution is 6.33. The number of nitrogens with zero attached hydrogens (tertiary/aromatic N) is 5. The summed E-state index contributed by atoms with van der Waals surface area (Å²) in [5.74, 6) is -0.383. The van der Waals surface area contributed by atoms with Crippen LogP contribution in [0.3, 0.4) is 0 Å². The van der Waals surface area contributed by atoms with Gasteiger partial charge in [0.2, 0.25) is 0 Å². The lowest BCUT2D eigenvalue weighted by molar-refractivity contribution is -0.0657. The SMILES string of the molecule is CC1(C)Cn2nc(-c3ccc(F)cn3)c(-c3ccn4ncc(Cl)c4c3)c2CO1. The van der Waals surface area contributed by atoms with Gasteiger partial charge >= 0.3 is 0 Å². The molecule has 8 heteroatoms. The topological polar surface area (TPSA) is 57.2 Å². The van der Waals surface area contributed by atoms with E-state index in [1.165, 1.54) is 12.3 Å². The van der Waals surface area contributed by atoms with Crippen LogP contribution in [-0.4, -0.2) is 30.0 Å². The van der Waals surface area contributed by atoms with Crippen molar-refractivity contribution in [3.8, 4) is 22.5 Å². The first-order valence-corrected chi connectivity index (χ1v) is 9.28. The Morgan fingerprint density at radius 2 is 2.07 bits per heavy atom. The second-order valence-electron chi connectivity index (χ2n) is 7.48. The van der Waals surface area contributed by atoms with E-state index in [9.17, 15) is 4.39 Å². The van der Waals surface area contributed by atoms with E-state index in [1.54, 1.807) is 16.8 Å². The lowest BCUT2D eigenvalue weighted by atomic mass is 10.0. The summed E-state index contributed by atoms with van der Waals surface area (Å²) in [5.41, 5.74) is 4.58. The van der Waals surface area contributed by atoms with Gasteiger partial charge in [0.25, 0.3) is 0 Å². The van der Waals surface area contributed by atoms with E-state index in [0.29, 0.717) is 29.6 Å². The van der Waals surface area contributed by atoms with E-state index in [0.717, 1.165) is 22.3 Å². The minimum Gasteiger partial charge on any atom is -0.367 e. The molecule has 4 aromatic rings. The molecule has 0 amide bonds. The van der Waals surface area contributed by atoms with E-state index in [4.69, 9.17) is 21.4 Å². The quantitative estimate of drug-likeness (QED) is 0.504. The fourth-order valence-electron chi connectivity index (χ4n) is 3.55. The van der Waals surface area contributed by atoms with Crippen LogP contribution in [0.2, 0.25) is 5.02 Å². The van der Waals surface area contributed by atoms with Crippen LogP contribution >= 0.6 is 11.6 Å². The Morgan fingerprint density at radius 1 is 1.21 bits per heavy atom. The maximum atomic E-state index is 13.4. The lowest BCUT2D eigenvalue weighted by Gasteiger charge is -2.31. The highest BCUT2D eigenvalue weighted by Crippen LogP contribution is 2.38. The van der Waals surface area contributed by atoms with Gasteiger partial charge in [-0.15, -0.1) is 0 Å². The summed E-state index contributed by atoms with van der Waals surface area (Å²) in [6.45, 7) is 5.11. The number of hydrogen-bond donors (Lipinski definition) is 0. The molecule has 0 aromatic carbocycles. The molecule has 0 saturated heterocycles. The van der Waals surface area contributed by atoms with Gasteiger partial charge in [-0.25, -0.2) is 8.91 Å². The Labute approximate surface area is 165 Å². The zero-order chi connectivity index (χ0) is 19.5. The fourth-order valence-corrected chi connectivity index (χ4v) is 3.73. The molecule has 1 aliphatic heterocycles. The third kappa shape index (κ3) is 2.78. The molecule has 1 aliphatic rings. The standard InChI is InChI=1S/C20H17ClFN5O/c1-20(2)11-27-17(10-28-20)18(19(25-27)15-4-3-13(22)8-23-15)12-5-6-26-16(7-12)14(21)9-24-26/h3-9H,10-11H2,1-2H3. The van der Waals surface area contributed by atoms with E-state index in [1.807, 2.05) is 36.9 Å². The first kappa shape index (κ1) is 17.3. The molecule has 0 N–H and O–H groups in total. The second kappa shape index (κ2) is 6.12. The zero-order valence-electron chi connectivity index (χ0n) is 15.4. The Hall–Kier alpha value is -2.77. The maximum absolute atomic E-state index is 13.4. The van der Waals surface area contributed by atoms with Crippen LogP contribution in [0.15, 0.2) is 42.9 Å². The van der Waals surface area contributed by atoms with Crippen LogP contribution in [0.1, 0.15) is 19.5 Å². The van der Waals surface area contributed by atoms with Crippen LogP contribution in [-0.2, 0) is 17.9 Å². The predicted molar refractivity (Wildman–Crippen MR) is 103 cm³/mol. The molecule has 0 spiro atoms. The first-order valence-electron chi connectivity index (χ1n) is 8.90. The summed E-state index contributed by atoms with van der Waals surface area (Å²) in [7, 11) is 0. The Kier molecular flexibility index (Phi) is 3.79. The number of rotatable bonds is 2. The van der Waals surface area contributed by atoms with Crippen molar-refractivity contribution in [2.45, 2.75) is 32.6 Å². The number of pyridine rings is 2. The Morgan fingerprint density at radius 3 is 2.86 bits per heavy atom. The number of hydrogen-bond acceptors (Lipinski definition) is 4. The molecule has 0 bridgehead atoms. The van der Waals surface area contributed by atoms with Gasteiger partial charge in [-0.3, -0.25) is 9.67 Å². The summed E-state index contributed by atoms with van der Waals surface area (Å²) in [6.07, 6.45) is 4.67. The third-order valence-corrected chi connectivity index (χ3v) is 5.21. The van der Waals surface area contributed by atoms with Gasteiger partial charge in [0.15, 0.2) is 0 Å². The molecular formula is C20H17ClFN5O. The van der Waals surface area contributed by atoms with Gasteiger partial charge in [0.05, 0.1) is 53.1 Å². The molecule has 4 aromatic heterocycles. The Balaban J connectivity index is 1.75. The van der Waals surface area contributed by atoms with E-state index in [2.05, 4.69) is 10.1 Å². The lowest BCUT2D eigenvalue weighted by Crippen LogP contribution is -2.36. The monoisotopic (exact) mass is 397 g/mol. The zero-order valence-corrected chi connectivity index (χ0v) is 16.1. The van der Waals surface area contributed by atoms with Gasteiger partial charge in [-0.05, 0) is 43.7 Å². The molecular weight excluding hydrogens is 381 g/mol. The van der Waals surface area contributed by atoms with Gasteiger partial charge < -0.3 is 4.74 Å². The van der Waals surface area contributed by atoms with Crippen molar-refractivity contribution in [2.24, 2.45) is 0 Å². The molecule has 0 unspecified atom stereocenters. The number of fused-ring (bicyclic) bond motifs is 2. The van der Waals surface area contributed by atoms with E-state index >= 15 is 0 Å². The molecule has 5 rings (SSSR count). The van der Waals surface area contributed by atoms with Gasteiger partial charge in [0.1, 0.15) is 11.5 Å². The molecule has 0 saturated carbocycles. The van der Waals surface area contributed by atoms with Gasteiger partial charge in [-0.1, -0.05) is 11.6 Å². The second-order valence-corrected chi connectivity index (χ2v) is 7.88. The summed E-state index contributed by atoms with van der Waals surface area (Å²) in [4.78, 5) is 4.25. The largest absolute Gasteiger partial charge is 0.367 e. The first-order chi connectivity index (χ1) is 13.4. The molecule has 28 heavy (non-hydrogen) atoms. The average Bonchev–Trinajstić information content (AvgIpc) is 3.21. The van der Waals surface area contributed by atoms with Crippen molar-refractivity contribution in [1.82, 2.24) is 24.4 Å². The molecule has 0 radical (unpaired) electrons. The molecule has 0 fully saturated rings. The smallest absolute Gasteiger partial charge is 0.141 e. The minimum absolute atomic E-state index is 0.317. The summed E-state index contributed by atoms with van der Waals surface area (Å²) >= 11 is 6.28. The van der Waals surface area contributed by atoms with Crippen LogP contribution in [0.4, 0.5) is 4.39 Å². The molecule has 0 aliphatic carbocycles. The van der Waals surface area contributed by atoms with E-state index in [-0.39, 0.29) is 11.4 Å². The van der Waals surface area contributed by atoms with Crippen LogP contribution < -0.4 is 0 Å². The fraction of sp³-hybridized carbons (Fsp3) is 0.250. The normalized spacial score (nSPS) is 15.7. The average molecular weight is 398 g/mol. The summed E-state index contributed by atoms with van der Waals surface area (Å²) < 4.78 is 23.1. The van der Waals surface area contributed by atoms with Crippen LogP contribution in [0.25, 0.3) is 28.0 Å². The van der Waals surface area contributed by atoms with E-state index < -0.39 is 0 Å². The molecule has 5 heterocycles. The Bertz CT molecular complexity index is 1200. The highest BCUT2D eigenvalue weighted by atomic mass is 35.5. The number of ether oxygens (including phenoxy) is 1. The van der Waals surface area contributed by atoms with Crippen molar-refractivity contribution in [1.29, 1.82) is 0 Å². The van der Waals surface area contributed by atoms with Crippen molar-refractivity contribution in [3.05, 3.63) is 59.4 Å². The summed E-state index contributed by atoms with van der Waals surface area (Å²) in [6, 6.07) is 6.96. The molecule has 0 atom stereocenters. The highest BCUT2D eigenvalue weighted by Gasteiger charge is 2.31. The molecule has 6 nitrogen and oxygen atoms in total.